The Kier molecular flexibility index (Phi) is 7.01. The maximum atomic E-state index is 12.1. The molecule has 0 aromatic heterocycles. The summed E-state index contributed by atoms with van der Waals surface area (Å²) in [6, 6.07) is 14.7. The number of hydrogen-bond donors (Lipinski definition) is 1. The van der Waals surface area contributed by atoms with Crippen molar-refractivity contribution in [3.8, 4) is 11.5 Å². The minimum atomic E-state index is -0.126. The van der Waals surface area contributed by atoms with Crippen LogP contribution >= 0.6 is 0 Å². The van der Waals surface area contributed by atoms with E-state index < -0.39 is 0 Å². The van der Waals surface area contributed by atoms with E-state index in [2.05, 4.69) is 5.32 Å². The Bertz CT molecular complexity index is 727. The van der Waals surface area contributed by atoms with Gasteiger partial charge in [0.15, 0.2) is 5.78 Å². The van der Waals surface area contributed by atoms with Gasteiger partial charge in [-0.2, -0.15) is 0 Å². The third-order valence-corrected chi connectivity index (χ3v) is 3.84. The van der Waals surface area contributed by atoms with Crippen LogP contribution in [0.15, 0.2) is 48.5 Å². The van der Waals surface area contributed by atoms with E-state index in [9.17, 15) is 9.59 Å². The number of Topliss-reactive ketones (excluding diaryl/α,β-unsaturated/α-hetero) is 1. The van der Waals surface area contributed by atoms with E-state index >= 15 is 0 Å². The van der Waals surface area contributed by atoms with Crippen molar-refractivity contribution in [1.29, 1.82) is 0 Å². The van der Waals surface area contributed by atoms with E-state index in [-0.39, 0.29) is 24.5 Å². The first-order chi connectivity index (χ1) is 12.1. The molecule has 2 aromatic carbocycles. The zero-order valence-electron chi connectivity index (χ0n) is 14.6. The molecule has 1 amide bonds. The van der Waals surface area contributed by atoms with Crippen LogP contribution in [0.25, 0.3) is 0 Å². The summed E-state index contributed by atoms with van der Waals surface area (Å²) in [6.45, 7) is 0.527. The smallest absolute Gasteiger partial charge is 0.220 e. The second-order valence-corrected chi connectivity index (χ2v) is 5.61. The van der Waals surface area contributed by atoms with Crippen LogP contribution in [0.5, 0.6) is 11.5 Å². The van der Waals surface area contributed by atoms with Gasteiger partial charge in [0.25, 0.3) is 0 Å². The zero-order chi connectivity index (χ0) is 18.1. The first-order valence-electron chi connectivity index (χ1n) is 8.19. The summed E-state index contributed by atoms with van der Waals surface area (Å²) in [5, 5.41) is 2.84. The number of carbonyl (C=O) groups is 2. The van der Waals surface area contributed by atoms with Gasteiger partial charge in [0, 0.05) is 24.9 Å². The lowest BCUT2D eigenvalue weighted by Crippen LogP contribution is -2.26. The fourth-order valence-corrected chi connectivity index (χ4v) is 2.43. The van der Waals surface area contributed by atoms with Gasteiger partial charge in [0.1, 0.15) is 11.5 Å². The third kappa shape index (κ3) is 5.95. The molecular weight excluding hydrogens is 318 g/mol. The quantitative estimate of drug-likeness (QED) is 0.712. The predicted octanol–water partition coefficient (Wildman–Crippen LogP) is 3.03. The summed E-state index contributed by atoms with van der Waals surface area (Å²) in [4.78, 5) is 24.0. The molecule has 25 heavy (non-hydrogen) atoms. The van der Waals surface area contributed by atoms with E-state index in [1.807, 2.05) is 24.3 Å². The van der Waals surface area contributed by atoms with Gasteiger partial charge in [-0.15, -0.1) is 0 Å². The number of hydrogen-bond acceptors (Lipinski definition) is 4. The van der Waals surface area contributed by atoms with E-state index in [0.717, 1.165) is 11.3 Å². The Hall–Kier alpha value is -2.82. The van der Waals surface area contributed by atoms with Crippen LogP contribution in [-0.4, -0.2) is 32.5 Å². The van der Waals surface area contributed by atoms with Crippen LogP contribution in [0.3, 0.4) is 0 Å². The highest BCUT2D eigenvalue weighted by molar-refractivity contribution is 5.98. The average molecular weight is 341 g/mol. The summed E-state index contributed by atoms with van der Waals surface area (Å²) in [6.07, 6.45) is 1.07. The molecule has 0 aliphatic rings. The lowest BCUT2D eigenvalue weighted by atomic mass is 10.1. The van der Waals surface area contributed by atoms with Crippen LogP contribution in [0.2, 0.25) is 0 Å². The van der Waals surface area contributed by atoms with Crippen molar-refractivity contribution in [2.24, 2.45) is 0 Å². The molecular formula is C20H23NO4. The van der Waals surface area contributed by atoms with Crippen molar-refractivity contribution in [1.82, 2.24) is 5.32 Å². The number of benzene rings is 2. The topological polar surface area (TPSA) is 64.6 Å². The summed E-state index contributed by atoms with van der Waals surface area (Å²) >= 11 is 0. The number of ether oxygens (including phenoxy) is 2. The predicted molar refractivity (Wildman–Crippen MR) is 96.3 cm³/mol. The highest BCUT2D eigenvalue weighted by atomic mass is 16.5. The van der Waals surface area contributed by atoms with E-state index in [4.69, 9.17) is 9.47 Å². The number of carbonyl (C=O) groups excluding carboxylic acids is 2. The van der Waals surface area contributed by atoms with E-state index in [0.29, 0.717) is 24.3 Å². The van der Waals surface area contributed by atoms with Crippen molar-refractivity contribution in [2.75, 3.05) is 20.8 Å². The molecule has 0 heterocycles. The Balaban J connectivity index is 1.73. The fraction of sp³-hybridized carbons (Fsp3) is 0.300. The van der Waals surface area contributed by atoms with Crippen molar-refractivity contribution in [3.63, 3.8) is 0 Å². The summed E-state index contributed by atoms with van der Waals surface area (Å²) < 4.78 is 10.3. The summed E-state index contributed by atoms with van der Waals surface area (Å²) in [5.41, 5.74) is 1.65. The van der Waals surface area contributed by atoms with Gasteiger partial charge in [-0.3, -0.25) is 9.59 Å². The molecule has 1 N–H and O–H groups in total. The molecule has 0 fully saturated rings. The Morgan fingerprint density at radius 3 is 2.32 bits per heavy atom. The second-order valence-electron chi connectivity index (χ2n) is 5.61. The van der Waals surface area contributed by atoms with Gasteiger partial charge < -0.3 is 14.8 Å². The minimum absolute atomic E-state index is 0.0677. The molecule has 0 aliphatic heterocycles. The molecule has 0 spiro atoms. The van der Waals surface area contributed by atoms with E-state index in [1.165, 1.54) is 0 Å². The number of amides is 1. The van der Waals surface area contributed by atoms with Crippen LogP contribution in [0.1, 0.15) is 28.8 Å². The van der Waals surface area contributed by atoms with Crippen molar-refractivity contribution in [2.45, 2.75) is 19.3 Å². The molecule has 0 radical (unpaired) electrons. The highest BCUT2D eigenvalue weighted by Gasteiger charge is 2.10. The van der Waals surface area contributed by atoms with Crippen LogP contribution in [-0.2, 0) is 11.2 Å². The first-order valence-corrected chi connectivity index (χ1v) is 8.19. The fourth-order valence-electron chi connectivity index (χ4n) is 2.43. The minimum Gasteiger partial charge on any atom is -0.497 e. The third-order valence-electron chi connectivity index (χ3n) is 3.84. The molecule has 0 saturated carbocycles. The number of nitrogens with one attached hydrogen (secondary N) is 1. The summed E-state index contributed by atoms with van der Waals surface area (Å²) in [5.74, 6) is 1.24. The number of methoxy groups -OCH3 is 2. The van der Waals surface area contributed by atoms with Gasteiger partial charge in [-0.25, -0.2) is 0 Å². The summed E-state index contributed by atoms with van der Waals surface area (Å²) in [7, 11) is 3.18. The first kappa shape index (κ1) is 18.5. The zero-order valence-corrected chi connectivity index (χ0v) is 14.6. The maximum Gasteiger partial charge on any atom is 0.220 e. The molecule has 132 valence electrons. The largest absolute Gasteiger partial charge is 0.497 e. The molecule has 2 rings (SSSR count). The SMILES string of the molecule is COc1cccc(CCNC(=O)CCC(=O)c2cccc(OC)c2)c1. The lowest BCUT2D eigenvalue weighted by molar-refractivity contribution is -0.121. The van der Waals surface area contributed by atoms with Crippen molar-refractivity contribution in [3.05, 3.63) is 59.7 Å². The molecule has 2 aromatic rings. The van der Waals surface area contributed by atoms with E-state index in [1.54, 1.807) is 38.5 Å². The van der Waals surface area contributed by atoms with Crippen molar-refractivity contribution >= 4 is 11.7 Å². The molecule has 5 heteroatoms. The molecule has 5 nitrogen and oxygen atoms in total. The maximum absolute atomic E-state index is 12.1. The average Bonchev–Trinajstić information content (AvgIpc) is 2.66. The van der Waals surface area contributed by atoms with Gasteiger partial charge in [0.2, 0.25) is 5.91 Å². The Labute approximate surface area is 148 Å². The number of ketones is 1. The lowest BCUT2D eigenvalue weighted by Gasteiger charge is -2.07. The Morgan fingerprint density at radius 2 is 1.60 bits per heavy atom. The molecule has 0 bridgehead atoms. The van der Waals surface area contributed by atoms with Crippen LogP contribution < -0.4 is 14.8 Å². The van der Waals surface area contributed by atoms with Crippen molar-refractivity contribution < 1.29 is 19.1 Å². The van der Waals surface area contributed by atoms with Crippen LogP contribution in [0.4, 0.5) is 0 Å². The number of rotatable bonds is 9. The molecule has 0 unspecified atom stereocenters. The van der Waals surface area contributed by atoms with Gasteiger partial charge in [0.05, 0.1) is 14.2 Å². The molecule has 0 aliphatic carbocycles. The second kappa shape index (κ2) is 9.47. The van der Waals surface area contributed by atoms with Gasteiger partial charge >= 0.3 is 0 Å². The highest BCUT2D eigenvalue weighted by Crippen LogP contribution is 2.15. The van der Waals surface area contributed by atoms with Crippen LogP contribution in [0, 0.1) is 0 Å². The standard InChI is InChI=1S/C20H23NO4/c1-24-17-7-3-5-15(13-17)11-12-21-20(23)10-9-19(22)16-6-4-8-18(14-16)25-2/h3-8,13-14H,9-12H2,1-2H3,(H,21,23). The normalized spacial score (nSPS) is 10.2. The van der Waals surface area contributed by atoms with Gasteiger partial charge in [-0.05, 0) is 36.2 Å². The monoisotopic (exact) mass is 341 g/mol. The Morgan fingerprint density at radius 1 is 0.920 bits per heavy atom. The molecule has 0 saturated heterocycles. The molecule has 0 atom stereocenters. The van der Waals surface area contributed by atoms with Gasteiger partial charge in [-0.1, -0.05) is 24.3 Å².